The number of hydrogen-bond donors (Lipinski definition) is 4. The van der Waals surface area contributed by atoms with Crippen molar-refractivity contribution in [2.24, 2.45) is 0 Å². The van der Waals surface area contributed by atoms with E-state index in [-0.39, 0.29) is 6.61 Å². The van der Waals surface area contributed by atoms with Crippen molar-refractivity contribution >= 4 is 7.82 Å². The molecule has 188 valence electrons. The number of unbranched alkanes of at least 4 members (excludes halogenated alkanes) is 15. The molecule has 0 rings (SSSR count). The molecule has 31 heavy (non-hydrogen) atoms. The quantitative estimate of drug-likeness (QED) is 0.0962. The number of phosphoric acid groups is 1. The largest absolute Gasteiger partial charge is 0.469 e. The molecule has 0 aromatic rings. The van der Waals surface area contributed by atoms with E-state index in [4.69, 9.17) is 9.79 Å². The van der Waals surface area contributed by atoms with Gasteiger partial charge in [0.15, 0.2) is 0 Å². The molecule has 4 N–H and O–H groups in total. The van der Waals surface area contributed by atoms with E-state index < -0.39 is 20.0 Å². The molecular formula is C24H52NO5P. The van der Waals surface area contributed by atoms with E-state index in [0.29, 0.717) is 6.42 Å². The predicted octanol–water partition coefficient (Wildman–Crippen LogP) is 6.48. The maximum Gasteiger partial charge on any atom is 0.469 e. The lowest BCUT2D eigenvalue weighted by Gasteiger charge is -2.24. The molecule has 0 saturated carbocycles. The Bertz CT molecular complexity index is 419. The minimum atomic E-state index is -4.52. The van der Waals surface area contributed by atoms with E-state index in [2.05, 4.69) is 23.7 Å². The van der Waals surface area contributed by atoms with Crippen LogP contribution in [0.15, 0.2) is 0 Å². The zero-order valence-corrected chi connectivity index (χ0v) is 21.3. The summed E-state index contributed by atoms with van der Waals surface area (Å²) in [6.07, 6.45) is 21.1. The van der Waals surface area contributed by atoms with E-state index in [1.54, 1.807) is 0 Å². The molecule has 0 saturated heterocycles. The van der Waals surface area contributed by atoms with Gasteiger partial charge in [0.25, 0.3) is 0 Å². The van der Waals surface area contributed by atoms with Crippen molar-refractivity contribution in [3.05, 3.63) is 0 Å². The number of rotatable bonds is 24. The van der Waals surface area contributed by atoms with Crippen molar-refractivity contribution in [3.8, 4) is 0 Å². The summed E-state index contributed by atoms with van der Waals surface area (Å²) >= 11 is 0. The Morgan fingerprint density at radius 2 is 1.13 bits per heavy atom. The van der Waals surface area contributed by atoms with Gasteiger partial charge in [-0.15, -0.1) is 0 Å². The van der Waals surface area contributed by atoms with Crippen molar-refractivity contribution in [2.75, 3.05) is 13.2 Å². The van der Waals surface area contributed by atoms with Crippen LogP contribution >= 0.6 is 7.82 Å². The van der Waals surface area contributed by atoms with Crippen LogP contribution in [-0.2, 0) is 9.09 Å². The highest BCUT2D eigenvalue weighted by atomic mass is 31.2. The molecule has 0 heterocycles. The lowest BCUT2D eigenvalue weighted by molar-refractivity contribution is 0.0766. The number of hydrogen-bond acceptors (Lipinski definition) is 4. The molecule has 0 aliphatic carbocycles. The first-order valence-corrected chi connectivity index (χ1v) is 14.5. The zero-order valence-electron chi connectivity index (χ0n) is 20.4. The number of nitrogens with one attached hydrogen (secondary N) is 1. The Hall–Kier alpha value is 0.0300. The maximum absolute atomic E-state index is 11.0. The first-order chi connectivity index (χ1) is 14.9. The van der Waals surface area contributed by atoms with E-state index >= 15 is 0 Å². The van der Waals surface area contributed by atoms with Crippen LogP contribution in [0.5, 0.6) is 0 Å². The number of aliphatic hydroxyl groups excluding tert-OH is 1. The van der Waals surface area contributed by atoms with Gasteiger partial charge < -0.3 is 20.2 Å². The first kappa shape index (κ1) is 31.0. The van der Waals surface area contributed by atoms with E-state index in [1.807, 2.05) is 0 Å². The Morgan fingerprint density at radius 3 is 1.58 bits per heavy atom. The second-order valence-corrected chi connectivity index (χ2v) is 10.2. The Labute approximate surface area is 192 Å². The third kappa shape index (κ3) is 23.0. The molecule has 0 amide bonds. The van der Waals surface area contributed by atoms with Crippen molar-refractivity contribution in [1.29, 1.82) is 0 Å². The lowest BCUT2D eigenvalue weighted by Crippen LogP contribution is -2.43. The van der Waals surface area contributed by atoms with Gasteiger partial charge in [0.1, 0.15) is 0 Å². The molecule has 0 aliphatic rings. The Morgan fingerprint density at radius 1 is 0.710 bits per heavy atom. The van der Waals surface area contributed by atoms with Crippen LogP contribution in [-0.4, -0.2) is 40.2 Å². The maximum atomic E-state index is 11.0. The van der Waals surface area contributed by atoms with Gasteiger partial charge in [0.05, 0.1) is 18.8 Å². The van der Waals surface area contributed by atoms with Crippen LogP contribution in [0.3, 0.4) is 0 Å². The second-order valence-electron chi connectivity index (χ2n) is 9.01. The monoisotopic (exact) mass is 465 g/mol. The molecule has 0 spiro atoms. The molecule has 0 bridgehead atoms. The molecule has 0 unspecified atom stereocenters. The fraction of sp³-hybridized carbons (Fsp3) is 1.00. The standard InChI is InChI=1S/C24H52NO5P/c1-3-5-7-9-10-11-12-13-14-15-16-17-18-20-24(26)23(22-30-31(27,28)29)25-21-19-8-6-4-2/h23-26H,3-22H2,1-2H3,(H2,27,28,29)/t23-,24+/m0/s1. The molecular weight excluding hydrogens is 413 g/mol. The summed E-state index contributed by atoms with van der Waals surface area (Å²) in [6, 6.07) is -0.438. The predicted molar refractivity (Wildman–Crippen MR) is 130 cm³/mol. The minimum absolute atomic E-state index is 0.169. The van der Waals surface area contributed by atoms with Gasteiger partial charge in [-0.3, -0.25) is 4.52 Å². The van der Waals surface area contributed by atoms with Gasteiger partial charge in [0, 0.05) is 0 Å². The highest BCUT2D eigenvalue weighted by Crippen LogP contribution is 2.36. The lowest BCUT2D eigenvalue weighted by atomic mass is 10.0. The second kappa shape index (κ2) is 21.9. The average Bonchev–Trinajstić information content (AvgIpc) is 2.72. The highest BCUT2D eigenvalue weighted by molar-refractivity contribution is 7.46. The molecule has 0 aromatic heterocycles. The third-order valence-corrected chi connectivity index (χ3v) is 6.41. The summed E-state index contributed by atoms with van der Waals surface area (Å²) < 4.78 is 15.7. The van der Waals surface area contributed by atoms with Crippen LogP contribution in [0.4, 0.5) is 0 Å². The molecule has 0 radical (unpaired) electrons. The van der Waals surface area contributed by atoms with Crippen LogP contribution in [0.25, 0.3) is 0 Å². The average molecular weight is 466 g/mol. The number of aliphatic hydroxyl groups is 1. The highest BCUT2D eigenvalue weighted by Gasteiger charge is 2.23. The van der Waals surface area contributed by atoms with Crippen LogP contribution in [0.1, 0.15) is 129 Å². The third-order valence-electron chi connectivity index (χ3n) is 5.93. The molecule has 7 heteroatoms. The van der Waals surface area contributed by atoms with Gasteiger partial charge in [-0.1, -0.05) is 117 Å². The first-order valence-electron chi connectivity index (χ1n) is 13.0. The smallest absolute Gasteiger partial charge is 0.391 e. The van der Waals surface area contributed by atoms with Crippen molar-refractivity contribution in [2.45, 2.75) is 142 Å². The summed E-state index contributed by atoms with van der Waals surface area (Å²) in [5.74, 6) is 0. The van der Waals surface area contributed by atoms with Gasteiger partial charge in [0.2, 0.25) is 0 Å². The fourth-order valence-electron chi connectivity index (χ4n) is 3.90. The van der Waals surface area contributed by atoms with Crippen molar-refractivity contribution in [3.63, 3.8) is 0 Å². The van der Waals surface area contributed by atoms with Crippen molar-refractivity contribution in [1.82, 2.24) is 5.32 Å². The molecule has 0 aromatic carbocycles. The summed E-state index contributed by atoms with van der Waals surface area (Å²) in [6.45, 7) is 4.97. The SMILES string of the molecule is CCCCCCCCCCCCCCC[C@@H](O)[C@H](COP(=O)(O)O)NCCCCCC. The van der Waals surface area contributed by atoms with E-state index in [9.17, 15) is 9.67 Å². The Balaban J connectivity index is 3.82. The fourth-order valence-corrected chi connectivity index (χ4v) is 4.25. The van der Waals surface area contributed by atoms with Crippen LogP contribution in [0.2, 0.25) is 0 Å². The van der Waals surface area contributed by atoms with Gasteiger partial charge in [-0.05, 0) is 19.4 Å². The topological polar surface area (TPSA) is 99.0 Å². The summed E-state index contributed by atoms with van der Waals surface area (Å²) in [5.41, 5.74) is 0. The molecule has 2 atom stereocenters. The summed E-state index contributed by atoms with van der Waals surface area (Å²) in [4.78, 5) is 17.9. The molecule has 0 aliphatic heterocycles. The Kier molecular flexibility index (Phi) is 21.9. The van der Waals surface area contributed by atoms with Crippen molar-refractivity contribution < 1.29 is 24.0 Å². The van der Waals surface area contributed by atoms with Gasteiger partial charge in [-0.25, -0.2) is 4.57 Å². The van der Waals surface area contributed by atoms with Gasteiger partial charge >= 0.3 is 7.82 Å². The molecule has 6 nitrogen and oxygen atoms in total. The van der Waals surface area contributed by atoms with E-state index in [0.717, 1.165) is 38.6 Å². The molecule has 0 fully saturated rings. The van der Waals surface area contributed by atoms with E-state index in [1.165, 1.54) is 77.0 Å². The summed E-state index contributed by atoms with van der Waals surface area (Å²) in [7, 11) is -4.52. The van der Waals surface area contributed by atoms with Gasteiger partial charge in [-0.2, -0.15) is 0 Å². The van der Waals surface area contributed by atoms with Crippen LogP contribution in [0, 0.1) is 0 Å². The normalized spacial score (nSPS) is 14.1. The van der Waals surface area contributed by atoms with Crippen LogP contribution < -0.4 is 5.32 Å². The summed E-state index contributed by atoms with van der Waals surface area (Å²) in [5, 5.41) is 13.7. The zero-order chi connectivity index (χ0) is 23.2. The number of phosphoric ester groups is 1. The minimum Gasteiger partial charge on any atom is -0.391 e.